The van der Waals surface area contributed by atoms with Crippen LogP contribution in [0.4, 0.5) is 0 Å². The minimum atomic E-state index is 1.03. The van der Waals surface area contributed by atoms with Gasteiger partial charge in [-0.25, -0.2) is 9.97 Å². The fraction of sp³-hybridized carbons (Fsp3) is 0.0312. The summed E-state index contributed by atoms with van der Waals surface area (Å²) >= 11 is 15.2. The topological polar surface area (TPSA) is 51.6 Å². The molecule has 12 heteroatoms. The van der Waals surface area contributed by atoms with E-state index >= 15 is 0 Å². The highest BCUT2D eigenvalue weighted by atomic mass is 32.1. The smallest absolute Gasteiger partial charge is 0.0809 e. The predicted octanol–water partition coefficient (Wildman–Crippen LogP) is 21.9. The largest absolute Gasteiger partial charge is 0.255 e. The Hall–Kier alpha value is -7.10. The lowest BCUT2D eigenvalue weighted by molar-refractivity contribution is 1.34. The Morgan fingerprint density at radius 3 is 1.36 bits per heavy atom. The van der Waals surface area contributed by atoms with E-state index in [1.54, 1.807) is 0 Å². The molecule has 0 amide bonds. The van der Waals surface area contributed by atoms with E-state index in [4.69, 9.17) is 9.97 Å². The number of rotatable bonds is 5. The molecular weight excluding hydrogens is 1080 g/mol. The number of hydrogen-bond acceptors (Lipinski definition) is 12. The summed E-state index contributed by atoms with van der Waals surface area (Å²) in [5.74, 6) is 0. The van der Waals surface area contributed by atoms with Gasteiger partial charge < -0.3 is 0 Å². The summed E-state index contributed by atoms with van der Waals surface area (Å²) in [6.07, 6.45) is 3.75. The standard InChI is InChI=1S/C34H20N2S4.C30H16N2S4/c1-17-18(2)37-34-29-21-15-27(25-13-11-19-7-3-5-9-23(19)35-25)38-32(21)33-22(31(29)40-30(17)34)16-28(39-33)26-14-12-20-8-4-6-10-24(20)36-26;1-2-8-17(9-3-1)22-16-25-30(33-22)26-18-14-23(20-10-4-6-12-31-20)34-28(18)29-19(27(26)36-25)15-24(35-29)21-11-5-7-13-32-21/h3-16H,1-2H3;1-16H. The fourth-order valence-corrected chi connectivity index (χ4v) is 21.0. The van der Waals surface area contributed by atoms with E-state index in [9.17, 15) is 0 Å². The Kier molecular flexibility index (Phi) is 10.5. The second-order valence-electron chi connectivity index (χ2n) is 18.8. The van der Waals surface area contributed by atoms with E-state index in [0.717, 1.165) is 33.8 Å². The maximum absolute atomic E-state index is 5.06. The second kappa shape index (κ2) is 17.7. The van der Waals surface area contributed by atoms with Gasteiger partial charge >= 0.3 is 0 Å². The van der Waals surface area contributed by atoms with Crippen molar-refractivity contribution in [3.05, 3.63) is 193 Å². The zero-order valence-electron chi connectivity index (χ0n) is 40.4. The van der Waals surface area contributed by atoms with Crippen LogP contribution in [0.2, 0.25) is 0 Å². The third kappa shape index (κ3) is 7.20. The molecule has 0 bridgehead atoms. The number of aromatic nitrogens is 4. The van der Waals surface area contributed by atoms with Gasteiger partial charge in [-0.3, -0.25) is 9.97 Å². The van der Waals surface area contributed by atoms with Crippen LogP contribution in [0.1, 0.15) is 10.4 Å². The normalized spacial score (nSPS) is 12.1. The molecule has 12 heterocycles. The molecule has 5 aromatic carbocycles. The van der Waals surface area contributed by atoms with Gasteiger partial charge in [0.1, 0.15) is 0 Å². The van der Waals surface area contributed by atoms with Crippen LogP contribution in [0.3, 0.4) is 0 Å². The zero-order chi connectivity index (χ0) is 50.2. The quantitative estimate of drug-likeness (QED) is 0.172. The highest BCUT2D eigenvalue weighted by Gasteiger charge is 2.25. The summed E-state index contributed by atoms with van der Waals surface area (Å²) in [5, 5.41) is 10.5. The van der Waals surface area contributed by atoms with Crippen LogP contribution in [0, 0.1) is 13.8 Å². The van der Waals surface area contributed by atoms with Crippen molar-refractivity contribution in [3.63, 3.8) is 0 Å². The highest BCUT2D eigenvalue weighted by Crippen LogP contribution is 2.55. The summed E-state index contributed by atoms with van der Waals surface area (Å²) in [5.41, 5.74) is 8.92. The Bertz CT molecular complexity index is 5140. The maximum atomic E-state index is 5.06. The van der Waals surface area contributed by atoms with Crippen LogP contribution in [0.5, 0.6) is 0 Å². The van der Waals surface area contributed by atoms with Crippen molar-refractivity contribution in [2.45, 2.75) is 13.8 Å². The van der Waals surface area contributed by atoms with Crippen molar-refractivity contribution in [1.82, 2.24) is 19.9 Å². The number of benzene rings is 5. The first-order valence-electron chi connectivity index (χ1n) is 24.7. The molecule has 0 unspecified atom stereocenters. The summed E-state index contributed by atoms with van der Waals surface area (Å²) in [7, 11) is 0. The monoisotopic (exact) mass is 1120 g/mol. The second-order valence-corrected chi connectivity index (χ2v) is 27.4. The van der Waals surface area contributed by atoms with Crippen LogP contribution in [0.15, 0.2) is 182 Å². The molecule has 0 aliphatic carbocycles. The van der Waals surface area contributed by atoms with E-state index in [1.165, 1.54) is 130 Å². The first-order chi connectivity index (χ1) is 37.5. The SMILES string of the molecule is Cc1sc2c(sc3c4cc(-c5ccc6ccccc6n5)sc4c4sc(-c5ccc6ccccc6n5)cc4c23)c1C.c1ccc(-c2cc3sc4c5cc(-c6ccccn6)sc5c5sc(-c6ccccn6)cc5c4c3s2)cc1. The molecule has 0 aliphatic heterocycles. The predicted molar refractivity (Wildman–Crippen MR) is 339 cm³/mol. The Balaban J connectivity index is 0.000000129. The molecule has 0 fully saturated rings. The van der Waals surface area contributed by atoms with Gasteiger partial charge in [-0.05, 0) is 104 Å². The molecule has 17 rings (SSSR count). The summed E-state index contributed by atoms with van der Waals surface area (Å²) in [6.45, 7) is 4.52. The number of hydrogen-bond donors (Lipinski definition) is 0. The Labute approximate surface area is 466 Å². The van der Waals surface area contributed by atoms with E-state index in [-0.39, 0.29) is 0 Å². The summed E-state index contributed by atoms with van der Waals surface area (Å²) in [6, 6.07) is 60.3. The number of aryl methyl sites for hydroxylation is 2. The molecule has 360 valence electrons. The molecule has 76 heavy (non-hydrogen) atoms. The molecule has 17 aromatic rings. The number of fused-ring (bicyclic) bond motifs is 18. The van der Waals surface area contributed by atoms with Crippen LogP contribution >= 0.6 is 90.7 Å². The van der Waals surface area contributed by atoms with Gasteiger partial charge in [-0.1, -0.05) is 91.0 Å². The van der Waals surface area contributed by atoms with Gasteiger partial charge in [0.2, 0.25) is 0 Å². The van der Waals surface area contributed by atoms with Gasteiger partial charge in [-0.2, -0.15) is 0 Å². The minimum absolute atomic E-state index is 1.03. The molecular formula is C64H36N4S8. The molecule has 0 radical (unpaired) electrons. The van der Waals surface area contributed by atoms with Crippen molar-refractivity contribution < 1.29 is 0 Å². The van der Waals surface area contributed by atoms with Gasteiger partial charge in [0, 0.05) is 84.0 Å². The van der Waals surface area contributed by atoms with Crippen LogP contribution < -0.4 is 0 Å². The number of nitrogens with zero attached hydrogens (tertiary/aromatic N) is 4. The van der Waals surface area contributed by atoms with E-state index < -0.39 is 0 Å². The van der Waals surface area contributed by atoms with E-state index in [2.05, 4.69) is 182 Å². The molecule has 0 N–H and O–H groups in total. The molecule has 4 nitrogen and oxygen atoms in total. The van der Waals surface area contributed by atoms with Crippen molar-refractivity contribution in [2.24, 2.45) is 0 Å². The fourth-order valence-electron chi connectivity index (χ4n) is 10.5. The number of pyridine rings is 4. The van der Waals surface area contributed by atoms with E-state index in [1.807, 2.05) is 115 Å². The summed E-state index contributed by atoms with van der Waals surface area (Å²) < 4.78 is 13.8. The van der Waals surface area contributed by atoms with Crippen LogP contribution in [-0.4, -0.2) is 19.9 Å². The number of para-hydroxylation sites is 2. The molecule has 12 aromatic heterocycles. The van der Waals surface area contributed by atoms with E-state index in [0.29, 0.717) is 0 Å². The number of thiophene rings is 8. The average Bonchev–Trinajstić information content (AvgIpc) is 4.52. The Morgan fingerprint density at radius 2 is 0.789 bits per heavy atom. The van der Waals surface area contributed by atoms with Crippen molar-refractivity contribution in [3.8, 4) is 52.7 Å². The minimum Gasteiger partial charge on any atom is -0.255 e. The van der Waals surface area contributed by atoms with Crippen molar-refractivity contribution >= 4 is 192 Å². The third-order valence-electron chi connectivity index (χ3n) is 14.3. The molecule has 0 atom stereocenters. The zero-order valence-corrected chi connectivity index (χ0v) is 46.9. The third-order valence-corrected chi connectivity index (χ3v) is 24.5. The first-order valence-corrected chi connectivity index (χ1v) is 31.3. The van der Waals surface area contributed by atoms with Crippen LogP contribution in [0.25, 0.3) is 154 Å². The lowest BCUT2D eigenvalue weighted by Crippen LogP contribution is -1.82. The van der Waals surface area contributed by atoms with Crippen molar-refractivity contribution in [1.29, 1.82) is 0 Å². The first kappa shape index (κ1) is 45.1. The molecule has 0 spiro atoms. The average molecular weight is 1120 g/mol. The van der Waals surface area contributed by atoms with Crippen LogP contribution in [-0.2, 0) is 0 Å². The van der Waals surface area contributed by atoms with Gasteiger partial charge in [0.05, 0.1) is 81.5 Å². The summed E-state index contributed by atoms with van der Waals surface area (Å²) in [4.78, 5) is 27.0. The molecule has 0 aliphatic rings. The maximum Gasteiger partial charge on any atom is 0.0809 e. The lowest BCUT2D eigenvalue weighted by atomic mass is 10.1. The van der Waals surface area contributed by atoms with Crippen molar-refractivity contribution in [2.75, 3.05) is 0 Å². The van der Waals surface area contributed by atoms with Gasteiger partial charge in [0.15, 0.2) is 0 Å². The lowest BCUT2D eigenvalue weighted by Gasteiger charge is -2.00. The Morgan fingerprint density at radius 1 is 0.316 bits per heavy atom. The molecule has 0 saturated carbocycles. The van der Waals surface area contributed by atoms with Gasteiger partial charge in [-0.15, -0.1) is 90.7 Å². The van der Waals surface area contributed by atoms with Gasteiger partial charge in [0.25, 0.3) is 0 Å². The highest BCUT2D eigenvalue weighted by molar-refractivity contribution is 7.37. The molecule has 0 saturated heterocycles.